The molecule has 1 aromatic heterocycles. The average Bonchev–Trinajstić information content (AvgIpc) is 2.41. The molecule has 0 radical (unpaired) electrons. The van der Waals surface area contributed by atoms with Crippen LogP contribution in [0.25, 0.3) is 0 Å². The number of nitrogens with zero attached hydrogens (tertiary/aromatic N) is 2. The minimum Gasteiger partial charge on any atom is -0.472 e. The van der Waals surface area contributed by atoms with Crippen LogP contribution >= 0.6 is 0 Å². The van der Waals surface area contributed by atoms with Crippen LogP contribution in [-0.4, -0.2) is 30.5 Å². The van der Waals surface area contributed by atoms with Crippen LogP contribution in [0.2, 0.25) is 0 Å². The second-order valence-corrected chi connectivity index (χ2v) is 4.22. The number of aliphatic imine (C=N–C) groups is 1. The van der Waals surface area contributed by atoms with Gasteiger partial charge in [-0.3, -0.25) is 0 Å². The van der Waals surface area contributed by atoms with Crippen LogP contribution in [0.1, 0.15) is 12.5 Å². The van der Waals surface area contributed by atoms with Crippen LogP contribution in [0.3, 0.4) is 0 Å². The molecule has 5 nitrogen and oxygen atoms in total. The van der Waals surface area contributed by atoms with E-state index < -0.39 is 13.0 Å². The summed E-state index contributed by atoms with van der Waals surface area (Å²) in [6.07, 6.45) is -1.05. The highest BCUT2D eigenvalue weighted by molar-refractivity contribution is 5.78. The van der Waals surface area contributed by atoms with E-state index in [9.17, 15) is 8.78 Å². The number of ether oxygens (including phenoxy) is 1. The Kier molecular flexibility index (Phi) is 6.42. The van der Waals surface area contributed by atoms with Crippen molar-refractivity contribution in [2.45, 2.75) is 19.9 Å². The Hall–Kier alpha value is -2.18. The Morgan fingerprint density at radius 2 is 2.35 bits per heavy atom. The van der Waals surface area contributed by atoms with E-state index >= 15 is 0 Å². The lowest BCUT2D eigenvalue weighted by atomic mass is 10.3. The predicted octanol–water partition coefficient (Wildman–Crippen LogP) is 1.71. The average molecular weight is 284 g/mol. The van der Waals surface area contributed by atoms with E-state index in [1.165, 1.54) is 6.20 Å². The van der Waals surface area contributed by atoms with Gasteiger partial charge in [0.2, 0.25) is 5.88 Å². The number of nitrogens with one attached hydrogen (secondary N) is 1. The summed E-state index contributed by atoms with van der Waals surface area (Å²) >= 11 is 0. The fourth-order valence-electron chi connectivity index (χ4n) is 1.25. The molecule has 3 N–H and O–H groups in total. The van der Waals surface area contributed by atoms with Gasteiger partial charge in [-0.05, 0) is 18.6 Å². The van der Waals surface area contributed by atoms with Crippen molar-refractivity contribution in [2.75, 3.05) is 13.2 Å². The first-order valence-electron chi connectivity index (χ1n) is 6.01. The van der Waals surface area contributed by atoms with Crippen molar-refractivity contribution < 1.29 is 13.5 Å². The number of nitrogens with two attached hydrogens (primary N) is 1. The number of pyridine rings is 1. The number of rotatable bonds is 7. The lowest BCUT2D eigenvalue weighted by Crippen LogP contribution is -2.32. The smallest absolute Gasteiger partial charge is 0.272 e. The van der Waals surface area contributed by atoms with Crippen LogP contribution in [-0.2, 0) is 6.54 Å². The minimum atomic E-state index is -2.53. The Balaban J connectivity index is 2.53. The van der Waals surface area contributed by atoms with Gasteiger partial charge >= 0.3 is 0 Å². The summed E-state index contributed by atoms with van der Waals surface area (Å²) in [4.78, 5) is 7.95. The summed E-state index contributed by atoms with van der Waals surface area (Å²) in [7, 11) is 0. The molecule has 1 aromatic rings. The molecule has 0 aliphatic heterocycles. The largest absolute Gasteiger partial charge is 0.472 e. The van der Waals surface area contributed by atoms with E-state index in [2.05, 4.69) is 21.9 Å². The highest BCUT2D eigenvalue weighted by Crippen LogP contribution is 2.11. The summed E-state index contributed by atoms with van der Waals surface area (Å²) in [5.41, 5.74) is 7.37. The maximum Gasteiger partial charge on any atom is 0.272 e. The van der Waals surface area contributed by atoms with Crippen molar-refractivity contribution in [1.82, 2.24) is 10.3 Å². The zero-order valence-corrected chi connectivity index (χ0v) is 11.3. The lowest BCUT2D eigenvalue weighted by molar-refractivity contribution is 0.0795. The highest BCUT2D eigenvalue weighted by atomic mass is 19.3. The first-order valence-corrected chi connectivity index (χ1v) is 6.01. The molecule has 0 bridgehead atoms. The topological polar surface area (TPSA) is 72.5 Å². The van der Waals surface area contributed by atoms with Crippen LogP contribution in [0.15, 0.2) is 35.5 Å². The summed E-state index contributed by atoms with van der Waals surface area (Å²) in [5, 5.41) is 2.89. The van der Waals surface area contributed by atoms with Gasteiger partial charge in [0, 0.05) is 18.8 Å². The molecule has 0 unspecified atom stereocenters. The number of aromatic nitrogens is 1. The van der Waals surface area contributed by atoms with Crippen molar-refractivity contribution in [3.8, 4) is 5.88 Å². The number of hydrogen-bond donors (Lipinski definition) is 2. The van der Waals surface area contributed by atoms with E-state index in [4.69, 9.17) is 10.5 Å². The molecular formula is C13H18F2N4O. The fourth-order valence-corrected chi connectivity index (χ4v) is 1.25. The molecule has 0 atom stereocenters. The molecule has 0 spiro atoms. The molecule has 1 rings (SSSR count). The van der Waals surface area contributed by atoms with Gasteiger partial charge in [0.1, 0.15) is 0 Å². The van der Waals surface area contributed by atoms with Crippen molar-refractivity contribution in [3.05, 3.63) is 36.0 Å². The normalized spacial score (nSPS) is 11.5. The lowest BCUT2D eigenvalue weighted by Gasteiger charge is -2.06. The molecule has 0 aliphatic rings. The molecule has 0 saturated carbocycles. The first kappa shape index (κ1) is 15.9. The fraction of sp³-hybridized carbons (Fsp3) is 0.385. The summed E-state index contributed by atoms with van der Waals surface area (Å²) in [6.45, 7) is 5.78. The van der Waals surface area contributed by atoms with Crippen molar-refractivity contribution >= 4 is 5.96 Å². The molecule has 110 valence electrons. The molecular weight excluding hydrogens is 266 g/mol. The van der Waals surface area contributed by atoms with Gasteiger partial charge in [-0.25, -0.2) is 18.8 Å². The van der Waals surface area contributed by atoms with Crippen LogP contribution in [0.5, 0.6) is 5.88 Å². The van der Waals surface area contributed by atoms with Crippen LogP contribution < -0.4 is 15.8 Å². The third kappa shape index (κ3) is 6.67. The second kappa shape index (κ2) is 8.08. The van der Waals surface area contributed by atoms with Crippen molar-refractivity contribution in [2.24, 2.45) is 10.7 Å². The minimum absolute atomic E-state index is 0.145. The standard InChI is InChI=1S/C13H18F2N4O/c1-9(2)6-18-13(16)19-7-10-3-4-17-12(5-10)20-8-11(14)15/h3-5,11H,1,6-8H2,2H3,(H3,16,18,19). The SMILES string of the molecule is C=C(C)CNC(N)=NCc1ccnc(OCC(F)F)c1. The van der Waals surface area contributed by atoms with E-state index in [1.807, 2.05) is 6.92 Å². The summed E-state index contributed by atoms with van der Waals surface area (Å²) < 4.78 is 28.9. The summed E-state index contributed by atoms with van der Waals surface area (Å²) in [5.74, 6) is 0.436. The second-order valence-electron chi connectivity index (χ2n) is 4.22. The summed E-state index contributed by atoms with van der Waals surface area (Å²) in [6, 6.07) is 3.27. The quantitative estimate of drug-likeness (QED) is 0.454. The maximum atomic E-state index is 12.0. The Labute approximate surface area is 116 Å². The van der Waals surface area contributed by atoms with Crippen LogP contribution in [0, 0.1) is 0 Å². The third-order valence-corrected chi connectivity index (χ3v) is 2.16. The van der Waals surface area contributed by atoms with Crippen LogP contribution in [0.4, 0.5) is 8.78 Å². The molecule has 1 heterocycles. The van der Waals surface area contributed by atoms with Gasteiger partial charge in [0.25, 0.3) is 6.43 Å². The molecule has 20 heavy (non-hydrogen) atoms. The monoisotopic (exact) mass is 284 g/mol. The third-order valence-electron chi connectivity index (χ3n) is 2.16. The van der Waals surface area contributed by atoms with Gasteiger partial charge in [0.15, 0.2) is 12.6 Å². The van der Waals surface area contributed by atoms with Gasteiger partial charge in [-0.2, -0.15) is 0 Å². The van der Waals surface area contributed by atoms with Gasteiger partial charge < -0.3 is 15.8 Å². The predicted molar refractivity (Wildman–Crippen MR) is 73.9 cm³/mol. The molecule has 0 aliphatic carbocycles. The van der Waals surface area contributed by atoms with Gasteiger partial charge in [-0.1, -0.05) is 12.2 Å². The van der Waals surface area contributed by atoms with Crippen molar-refractivity contribution in [3.63, 3.8) is 0 Å². The maximum absolute atomic E-state index is 12.0. The van der Waals surface area contributed by atoms with Crippen molar-refractivity contribution in [1.29, 1.82) is 0 Å². The number of alkyl halides is 2. The zero-order chi connectivity index (χ0) is 15.0. The van der Waals surface area contributed by atoms with E-state index in [0.29, 0.717) is 19.0 Å². The number of hydrogen-bond acceptors (Lipinski definition) is 3. The van der Waals surface area contributed by atoms with E-state index in [1.54, 1.807) is 12.1 Å². The molecule has 0 saturated heterocycles. The Bertz CT molecular complexity index is 477. The molecule has 7 heteroatoms. The van der Waals surface area contributed by atoms with Gasteiger partial charge in [-0.15, -0.1) is 0 Å². The number of guanidine groups is 1. The number of halogens is 2. The zero-order valence-electron chi connectivity index (χ0n) is 11.3. The van der Waals surface area contributed by atoms with Gasteiger partial charge in [0.05, 0.1) is 6.54 Å². The van der Waals surface area contributed by atoms with E-state index in [-0.39, 0.29) is 5.88 Å². The highest BCUT2D eigenvalue weighted by Gasteiger charge is 2.04. The van der Waals surface area contributed by atoms with E-state index in [0.717, 1.165) is 11.1 Å². The molecule has 0 fully saturated rings. The first-order chi connectivity index (χ1) is 9.47. The molecule has 0 amide bonds. The molecule has 0 aromatic carbocycles. The Morgan fingerprint density at radius 3 is 3.00 bits per heavy atom. The Morgan fingerprint density at radius 1 is 1.60 bits per heavy atom.